The Morgan fingerprint density at radius 1 is 1.21 bits per heavy atom. The summed E-state index contributed by atoms with van der Waals surface area (Å²) in [7, 11) is 0. The van der Waals surface area contributed by atoms with Crippen molar-refractivity contribution in [3.05, 3.63) is 0 Å². The zero-order chi connectivity index (χ0) is 10.1. The van der Waals surface area contributed by atoms with E-state index in [1.54, 1.807) is 0 Å². The molecule has 14 heavy (non-hydrogen) atoms. The van der Waals surface area contributed by atoms with Gasteiger partial charge in [-0.1, -0.05) is 26.2 Å². The van der Waals surface area contributed by atoms with Gasteiger partial charge in [-0.3, -0.25) is 4.99 Å². The minimum atomic E-state index is 0.849. The fourth-order valence-electron chi connectivity index (χ4n) is 1.50. The van der Waals surface area contributed by atoms with E-state index in [0.29, 0.717) is 0 Å². The maximum absolute atomic E-state index is 5.26. The molecule has 0 spiro atoms. The van der Waals surface area contributed by atoms with Crippen LogP contribution in [-0.2, 0) is 4.74 Å². The smallest absolute Gasteiger partial charge is 0.0851 e. The highest BCUT2D eigenvalue weighted by Gasteiger charge is 2.04. The van der Waals surface area contributed by atoms with Gasteiger partial charge in [-0.15, -0.1) is 0 Å². The lowest BCUT2D eigenvalue weighted by Crippen LogP contribution is -2.35. The molecule has 0 amide bonds. The predicted molar refractivity (Wildman–Crippen MR) is 59.9 cm³/mol. The van der Waals surface area contributed by atoms with Crippen molar-refractivity contribution in [2.45, 2.75) is 32.6 Å². The lowest BCUT2D eigenvalue weighted by atomic mass is 10.2. The summed E-state index contributed by atoms with van der Waals surface area (Å²) in [5.41, 5.74) is 0. The van der Waals surface area contributed by atoms with Crippen LogP contribution in [0.25, 0.3) is 0 Å². The number of morpholine rings is 1. The summed E-state index contributed by atoms with van der Waals surface area (Å²) in [6.07, 6.45) is 7.18. The van der Waals surface area contributed by atoms with Crippen LogP contribution in [0.3, 0.4) is 0 Å². The van der Waals surface area contributed by atoms with E-state index < -0.39 is 0 Å². The zero-order valence-electron chi connectivity index (χ0n) is 9.24. The summed E-state index contributed by atoms with van der Waals surface area (Å²) in [6, 6.07) is 0. The highest BCUT2D eigenvalue weighted by atomic mass is 16.5. The first-order valence-corrected chi connectivity index (χ1v) is 5.75. The topological polar surface area (TPSA) is 24.8 Å². The average Bonchev–Trinajstić information content (AvgIpc) is 2.25. The monoisotopic (exact) mass is 198 g/mol. The fraction of sp³-hybridized carbons (Fsp3) is 0.909. The Hall–Kier alpha value is -0.570. The molecular formula is C11H22N2O. The Balaban J connectivity index is 1.96. The molecule has 0 aromatic heterocycles. The van der Waals surface area contributed by atoms with Gasteiger partial charge in [-0.25, -0.2) is 0 Å². The number of rotatable bonds is 6. The van der Waals surface area contributed by atoms with Crippen LogP contribution in [0.4, 0.5) is 0 Å². The van der Waals surface area contributed by atoms with Crippen LogP contribution < -0.4 is 0 Å². The number of ether oxygens (including phenoxy) is 1. The second-order valence-electron chi connectivity index (χ2n) is 3.73. The number of hydrogen-bond acceptors (Lipinski definition) is 2. The van der Waals surface area contributed by atoms with Crippen LogP contribution in [0.1, 0.15) is 32.6 Å². The summed E-state index contributed by atoms with van der Waals surface area (Å²) in [5, 5.41) is 0. The fourth-order valence-corrected chi connectivity index (χ4v) is 1.50. The minimum Gasteiger partial charge on any atom is -0.378 e. The van der Waals surface area contributed by atoms with Gasteiger partial charge in [0.25, 0.3) is 0 Å². The van der Waals surface area contributed by atoms with Gasteiger partial charge in [-0.05, 0) is 6.42 Å². The Kier molecular flexibility index (Phi) is 6.41. The van der Waals surface area contributed by atoms with E-state index in [1.165, 1.54) is 25.7 Å². The van der Waals surface area contributed by atoms with Crippen molar-refractivity contribution in [1.82, 2.24) is 4.90 Å². The van der Waals surface area contributed by atoms with E-state index in [2.05, 4.69) is 16.8 Å². The summed E-state index contributed by atoms with van der Waals surface area (Å²) in [4.78, 5) is 6.65. The minimum absolute atomic E-state index is 0.849. The molecule has 0 radical (unpaired) electrons. The standard InChI is InChI=1S/C11H22N2O/c1-2-3-4-5-6-12-11-13-7-9-14-10-8-13/h11H,2-10H2,1H3. The lowest BCUT2D eigenvalue weighted by molar-refractivity contribution is 0.0700. The summed E-state index contributed by atoms with van der Waals surface area (Å²) in [5.74, 6) is 0. The van der Waals surface area contributed by atoms with Crippen LogP contribution in [-0.4, -0.2) is 44.1 Å². The molecule has 0 saturated carbocycles. The quantitative estimate of drug-likeness (QED) is 0.370. The van der Waals surface area contributed by atoms with Gasteiger partial charge in [0, 0.05) is 19.6 Å². The maximum Gasteiger partial charge on any atom is 0.0851 e. The largest absolute Gasteiger partial charge is 0.378 e. The Morgan fingerprint density at radius 2 is 2.00 bits per heavy atom. The number of hydrogen-bond donors (Lipinski definition) is 0. The van der Waals surface area contributed by atoms with E-state index in [0.717, 1.165) is 32.8 Å². The molecule has 0 unspecified atom stereocenters. The van der Waals surface area contributed by atoms with Crippen molar-refractivity contribution < 1.29 is 4.74 Å². The third-order valence-corrected chi connectivity index (χ3v) is 2.43. The van der Waals surface area contributed by atoms with Crippen LogP contribution in [0.2, 0.25) is 0 Å². The SMILES string of the molecule is CCCCCCN=CN1CCOCC1. The van der Waals surface area contributed by atoms with Crippen LogP contribution in [0.15, 0.2) is 4.99 Å². The van der Waals surface area contributed by atoms with E-state index in [1.807, 2.05) is 6.34 Å². The van der Waals surface area contributed by atoms with Crippen molar-refractivity contribution in [2.75, 3.05) is 32.8 Å². The van der Waals surface area contributed by atoms with Crippen LogP contribution in [0, 0.1) is 0 Å². The molecule has 3 heteroatoms. The van der Waals surface area contributed by atoms with Gasteiger partial charge in [-0.2, -0.15) is 0 Å². The van der Waals surface area contributed by atoms with Crippen molar-refractivity contribution in [3.8, 4) is 0 Å². The second-order valence-corrected chi connectivity index (χ2v) is 3.73. The zero-order valence-corrected chi connectivity index (χ0v) is 9.24. The first kappa shape index (κ1) is 11.5. The molecule has 3 nitrogen and oxygen atoms in total. The highest BCUT2D eigenvalue weighted by molar-refractivity contribution is 5.54. The average molecular weight is 198 g/mol. The second kappa shape index (κ2) is 7.80. The highest BCUT2D eigenvalue weighted by Crippen LogP contribution is 1.99. The molecular weight excluding hydrogens is 176 g/mol. The van der Waals surface area contributed by atoms with Gasteiger partial charge in [0.05, 0.1) is 19.6 Å². The van der Waals surface area contributed by atoms with Gasteiger partial charge >= 0.3 is 0 Å². The predicted octanol–water partition coefficient (Wildman–Crippen LogP) is 1.93. The molecule has 1 rings (SSSR count). The lowest BCUT2D eigenvalue weighted by Gasteiger charge is -2.24. The van der Waals surface area contributed by atoms with Gasteiger partial charge in [0.15, 0.2) is 0 Å². The molecule has 1 heterocycles. The number of aliphatic imine (C=N–C) groups is 1. The molecule has 82 valence electrons. The third-order valence-electron chi connectivity index (χ3n) is 2.43. The van der Waals surface area contributed by atoms with Crippen molar-refractivity contribution in [2.24, 2.45) is 4.99 Å². The third kappa shape index (κ3) is 5.22. The van der Waals surface area contributed by atoms with Crippen molar-refractivity contribution in [3.63, 3.8) is 0 Å². The Bertz CT molecular complexity index is 153. The van der Waals surface area contributed by atoms with Crippen LogP contribution >= 0.6 is 0 Å². The summed E-state index contributed by atoms with van der Waals surface area (Å²) < 4.78 is 5.26. The summed E-state index contributed by atoms with van der Waals surface area (Å²) >= 11 is 0. The van der Waals surface area contributed by atoms with Gasteiger partial charge in [0.1, 0.15) is 0 Å². The molecule has 0 aromatic carbocycles. The van der Waals surface area contributed by atoms with Gasteiger partial charge < -0.3 is 9.64 Å². The number of nitrogens with zero attached hydrogens (tertiary/aromatic N) is 2. The molecule has 0 N–H and O–H groups in total. The van der Waals surface area contributed by atoms with Crippen LogP contribution in [0.5, 0.6) is 0 Å². The first-order valence-electron chi connectivity index (χ1n) is 5.75. The molecule has 0 atom stereocenters. The van der Waals surface area contributed by atoms with Crippen molar-refractivity contribution >= 4 is 6.34 Å². The maximum atomic E-state index is 5.26. The molecule has 1 aliphatic rings. The molecule has 1 saturated heterocycles. The first-order chi connectivity index (χ1) is 6.93. The van der Waals surface area contributed by atoms with E-state index in [9.17, 15) is 0 Å². The van der Waals surface area contributed by atoms with Crippen molar-refractivity contribution in [1.29, 1.82) is 0 Å². The van der Waals surface area contributed by atoms with E-state index in [-0.39, 0.29) is 0 Å². The normalized spacial score (nSPS) is 17.9. The molecule has 1 fully saturated rings. The molecule has 1 aliphatic heterocycles. The molecule has 0 aromatic rings. The molecule has 0 aliphatic carbocycles. The van der Waals surface area contributed by atoms with Gasteiger partial charge in [0.2, 0.25) is 0 Å². The van der Waals surface area contributed by atoms with E-state index in [4.69, 9.17) is 4.74 Å². The Labute approximate surface area is 87.2 Å². The summed E-state index contributed by atoms with van der Waals surface area (Å²) in [6.45, 7) is 6.91. The number of unbranched alkanes of at least 4 members (excludes halogenated alkanes) is 3. The molecule has 0 bridgehead atoms. The van der Waals surface area contributed by atoms with E-state index >= 15 is 0 Å². The Morgan fingerprint density at radius 3 is 2.71 bits per heavy atom.